The summed E-state index contributed by atoms with van der Waals surface area (Å²) in [5, 5.41) is 2.95. The highest BCUT2D eigenvalue weighted by Crippen LogP contribution is 2.17. The molecule has 0 saturated carbocycles. The van der Waals surface area contributed by atoms with Gasteiger partial charge in [0.25, 0.3) is 5.91 Å². The number of nitrogens with one attached hydrogen (secondary N) is 1. The molecule has 1 aromatic carbocycles. The number of likely N-dealkylation sites (N-methyl/N-ethyl adjacent to an activating group) is 1. The Hall–Kier alpha value is -1.11. The third-order valence-electron chi connectivity index (χ3n) is 3.71. The summed E-state index contributed by atoms with van der Waals surface area (Å²) >= 11 is 3.35. The van der Waals surface area contributed by atoms with Gasteiger partial charge >= 0.3 is 0 Å². The number of benzene rings is 1. The summed E-state index contributed by atoms with van der Waals surface area (Å²) in [5.74, 6) is -0.0682. The second-order valence-electron chi connectivity index (χ2n) is 5.53. The minimum absolute atomic E-state index is 0.0682. The molecule has 6 heteroatoms. The van der Waals surface area contributed by atoms with E-state index in [1.54, 1.807) is 18.2 Å². The van der Waals surface area contributed by atoms with Crippen molar-refractivity contribution in [2.45, 2.75) is 6.42 Å². The van der Waals surface area contributed by atoms with E-state index in [1.807, 2.05) is 0 Å². The molecular formula is C15H23BrN4O. The SMILES string of the molecule is CN1CCN(CCCNC(=O)c2cc(N)cc(Br)c2)CC1. The molecule has 116 valence electrons. The number of piperazine rings is 1. The van der Waals surface area contributed by atoms with Gasteiger partial charge in [0.1, 0.15) is 0 Å². The zero-order valence-electron chi connectivity index (χ0n) is 12.4. The molecule has 5 nitrogen and oxygen atoms in total. The Morgan fingerprint density at radius 2 is 2.00 bits per heavy atom. The Morgan fingerprint density at radius 1 is 1.29 bits per heavy atom. The van der Waals surface area contributed by atoms with Crippen LogP contribution in [-0.2, 0) is 0 Å². The van der Waals surface area contributed by atoms with Crippen molar-refractivity contribution in [3.8, 4) is 0 Å². The van der Waals surface area contributed by atoms with Crippen molar-refractivity contribution in [1.29, 1.82) is 0 Å². The van der Waals surface area contributed by atoms with E-state index in [9.17, 15) is 4.79 Å². The minimum Gasteiger partial charge on any atom is -0.399 e. The average molecular weight is 355 g/mol. The number of hydrogen-bond acceptors (Lipinski definition) is 4. The number of rotatable bonds is 5. The first kappa shape index (κ1) is 16.3. The summed E-state index contributed by atoms with van der Waals surface area (Å²) < 4.78 is 0.824. The molecular weight excluding hydrogens is 332 g/mol. The quantitative estimate of drug-likeness (QED) is 0.619. The maximum Gasteiger partial charge on any atom is 0.251 e. The fraction of sp³-hybridized carbons (Fsp3) is 0.533. The van der Waals surface area contributed by atoms with Crippen molar-refractivity contribution in [3.63, 3.8) is 0 Å². The molecule has 1 aliphatic rings. The summed E-state index contributed by atoms with van der Waals surface area (Å²) in [7, 11) is 2.15. The lowest BCUT2D eigenvalue weighted by Gasteiger charge is -2.32. The van der Waals surface area contributed by atoms with Crippen LogP contribution in [0.1, 0.15) is 16.8 Å². The number of nitrogens with zero attached hydrogens (tertiary/aromatic N) is 2. The predicted octanol–water partition coefficient (Wildman–Crippen LogP) is 1.40. The van der Waals surface area contributed by atoms with Crippen LogP contribution in [-0.4, -0.2) is 62.0 Å². The van der Waals surface area contributed by atoms with Gasteiger partial charge in [0.2, 0.25) is 0 Å². The van der Waals surface area contributed by atoms with Gasteiger partial charge in [0.05, 0.1) is 0 Å². The van der Waals surface area contributed by atoms with Crippen molar-refractivity contribution < 1.29 is 4.79 Å². The van der Waals surface area contributed by atoms with Crippen LogP contribution in [0.5, 0.6) is 0 Å². The average Bonchev–Trinajstić information content (AvgIpc) is 2.44. The molecule has 3 N–H and O–H groups in total. The van der Waals surface area contributed by atoms with Crippen LogP contribution in [0.25, 0.3) is 0 Å². The normalized spacial score (nSPS) is 16.9. The minimum atomic E-state index is -0.0682. The van der Waals surface area contributed by atoms with Crippen LogP contribution in [0.3, 0.4) is 0 Å². The maximum atomic E-state index is 12.0. The van der Waals surface area contributed by atoms with E-state index in [0.717, 1.165) is 43.6 Å². The highest BCUT2D eigenvalue weighted by molar-refractivity contribution is 9.10. The van der Waals surface area contributed by atoms with Crippen molar-refractivity contribution >= 4 is 27.5 Å². The summed E-state index contributed by atoms with van der Waals surface area (Å²) in [6.07, 6.45) is 0.971. The van der Waals surface area contributed by atoms with Crippen LogP contribution < -0.4 is 11.1 Å². The first-order valence-electron chi connectivity index (χ1n) is 7.30. The summed E-state index contributed by atoms with van der Waals surface area (Å²) in [5.41, 5.74) is 6.93. The number of carbonyl (C=O) groups excluding carboxylic acids is 1. The fourth-order valence-electron chi connectivity index (χ4n) is 2.42. The van der Waals surface area contributed by atoms with Crippen molar-refractivity contribution in [2.24, 2.45) is 0 Å². The Balaban J connectivity index is 1.69. The standard InChI is InChI=1S/C15H23BrN4O/c1-19-5-7-20(8-6-19)4-2-3-18-15(21)12-9-13(16)11-14(17)10-12/h9-11H,2-8,17H2,1H3,(H,18,21). The van der Waals surface area contributed by atoms with Crippen LogP contribution >= 0.6 is 15.9 Å². The van der Waals surface area contributed by atoms with E-state index in [4.69, 9.17) is 5.73 Å². The van der Waals surface area contributed by atoms with Crippen LogP contribution in [0.4, 0.5) is 5.69 Å². The number of nitrogens with two attached hydrogens (primary N) is 1. The molecule has 0 aliphatic carbocycles. The molecule has 0 unspecified atom stereocenters. The van der Waals surface area contributed by atoms with Gasteiger partial charge in [-0.25, -0.2) is 0 Å². The highest BCUT2D eigenvalue weighted by Gasteiger charge is 2.13. The molecule has 2 rings (SSSR count). The van der Waals surface area contributed by atoms with Crippen LogP contribution in [0.2, 0.25) is 0 Å². The lowest BCUT2D eigenvalue weighted by atomic mass is 10.2. The molecule has 0 aromatic heterocycles. The number of nitrogen functional groups attached to an aromatic ring is 1. The first-order valence-corrected chi connectivity index (χ1v) is 8.09. The van der Waals surface area contributed by atoms with Crippen LogP contribution in [0, 0.1) is 0 Å². The predicted molar refractivity (Wildman–Crippen MR) is 89.4 cm³/mol. The van der Waals surface area contributed by atoms with Gasteiger partial charge in [-0.3, -0.25) is 4.79 Å². The number of carbonyl (C=O) groups is 1. The number of anilines is 1. The number of amides is 1. The van der Waals surface area contributed by atoms with Gasteiger partial charge in [-0.1, -0.05) is 15.9 Å². The molecule has 1 amide bonds. The Kier molecular flexibility index (Phi) is 6.02. The summed E-state index contributed by atoms with van der Waals surface area (Å²) in [6.45, 7) is 6.22. The van der Waals surface area contributed by atoms with Crippen molar-refractivity contribution in [1.82, 2.24) is 15.1 Å². The topological polar surface area (TPSA) is 61.6 Å². The van der Waals surface area contributed by atoms with Gasteiger partial charge in [0, 0.05) is 48.4 Å². The molecule has 1 saturated heterocycles. The monoisotopic (exact) mass is 354 g/mol. The van der Waals surface area contributed by atoms with Crippen molar-refractivity contribution in [2.75, 3.05) is 52.0 Å². The van der Waals surface area contributed by atoms with Crippen molar-refractivity contribution in [3.05, 3.63) is 28.2 Å². The number of hydrogen-bond donors (Lipinski definition) is 2. The second-order valence-corrected chi connectivity index (χ2v) is 6.44. The molecule has 21 heavy (non-hydrogen) atoms. The van der Waals surface area contributed by atoms with Gasteiger partial charge < -0.3 is 20.9 Å². The molecule has 0 radical (unpaired) electrons. The number of halogens is 1. The third-order valence-corrected chi connectivity index (χ3v) is 4.17. The highest BCUT2D eigenvalue weighted by atomic mass is 79.9. The van der Waals surface area contributed by atoms with Gasteiger partial charge in [-0.15, -0.1) is 0 Å². The zero-order valence-corrected chi connectivity index (χ0v) is 14.0. The Bertz CT molecular complexity index is 466. The fourth-order valence-corrected chi connectivity index (χ4v) is 2.93. The van der Waals surface area contributed by atoms with E-state index in [1.165, 1.54) is 0 Å². The van der Waals surface area contributed by atoms with Gasteiger partial charge in [0.15, 0.2) is 0 Å². The van der Waals surface area contributed by atoms with E-state index >= 15 is 0 Å². The lowest BCUT2D eigenvalue weighted by Crippen LogP contribution is -2.45. The molecule has 1 fully saturated rings. The maximum absolute atomic E-state index is 12.0. The largest absolute Gasteiger partial charge is 0.399 e. The summed E-state index contributed by atoms with van der Waals surface area (Å²) in [4.78, 5) is 16.8. The van der Waals surface area contributed by atoms with Gasteiger partial charge in [-0.2, -0.15) is 0 Å². The molecule has 0 bridgehead atoms. The molecule has 0 spiro atoms. The van der Waals surface area contributed by atoms with E-state index < -0.39 is 0 Å². The lowest BCUT2D eigenvalue weighted by molar-refractivity contribution is 0.0949. The zero-order chi connectivity index (χ0) is 15.2. The smallest absolute Gasteiger partial charge is 0.251 e. The van der Waals surface area contributed by atoms with E-state index in [-0.39, 0.29) is 5.91 Å². The van der Waals surface area contributed by atoms with Crippen LogP contribution in [0.15, 0.2) is 22.7 Å². The molecule has 1 heterocycles. The molecule has 0 atom stereocenters. The third kappa shape index (κ3) is 5.30. The summed E-state index contributed by atoms with van der Waals surface area (Å²) in [6, 6.07) is 5.26. The van der Waals surface area contributed by atoms with E-state index in [2.05, 4.69) is 38.1 Å². The second kappa shape index (κ2) is 7.77. The Labute approximate surface area is 134 Å². The first-order chi connectivity index (χ1) is 10.0. The van der Waals surface area contributed by atoms with Gasteiger partial charge in [-0.05, 0) is 38.2 Å². The Morgan fingerprint density at radius 3 is 2.67 bits per heavy atom. The molecule has 1 aliphatic heterocycles. The van der Waals surface area contributed by atoms with E-state index in [0.29, 0.717) is 17.8 Å². The molecule has 1 aromatic rings.